The third kappa shape index (κ3) is 5.04. The lowest BCUT2D eigenvalue weighted by Crippen LogP contribution is -2.44. The number of aliphatic hydroxyl groups is 1. The van der Waals surface area contributed by atoms with E-state index in [1.54, 1.807) is 0 Å². The molecule has 1 unspecified atom stereocenters. The lowest BCUT2D eigenvalue weighted by atomic mass is 9.85. The summed E-state index contributed by atoms with van der Waals surface area (Å²) in [4.78, 5) is 12.3. The van der Waals surface area contributed by atoms with Gasteiger partial charge in [-0.3, -0.25) is 4.79 Å². The van der Waals surface area contributed by atoms with Gasteiger partial charge in [-0.15, -0.1) is 0 Å². The van der Waals surface area contributed by atoms with Crippen molar-refractivity contribution in [1.82, 2.24) is 5.32 Å². The van der Waals surface area contributed by atoms with Gasteiger partial charge in [0.25, 0.3) is 5.91 Å². The fourth-order valence-electron chi connectivity index (χ4n) is 1.76. The maximum absolute atomic E-state index is 12.3. The number of carbonyl (C=O) groups is 1. The molecular weight excluding hydrogens is 421 g/mol. The minimum atomic E-state index is -0.0981. The highest BCUT2D eigenvalue weighted by molar-refractivity contribution is 14.1. The van der Waals surface area contributed by atoms with Crippen molar-refractivity contribution in [2.24, 2.45) is 5.41 Å². The van der Waals surface area contributed by atoms with Crippen molar-refractivity contribution in [3.8, 4) is 0 Å². The molecule has 1 aromatic rings. The van der Waals surface area contributed by atoms with Crippen LogP contribution in [0.3, 0.4) is 0 Å². The Morgan fingerprint density at radius 2 is 2.11 bits per heavy atom. The van der Waals surface area contributed by atoms with Gasteiger partial charge in [-0.25, -0.2) is 0 Å². The number of hydrogen-bond donors (Lipinski definition) is 2. The number of hydrogen-bond acceptors (Lipinski definition) is 2. The highest BCUT2D eigenvalue weighted by atomic mass is 127. The molecule has 1 aromatic carbocycles. The smallest absolute Gasteiger partial charge is 0.252 e. The van der Waals surface area contributed by atoms with E-state index in [9.17, 15) is 4.79 Å². The topological polar surface area (TPSA) is 49.3 Å². The summed E-state index contributed by atoms with van der Waals surface area (Å²) in [5.74, 6) is -0.0981. The standard InChI is InChI=1S/C14H19BrINO2/c1-14(2,3)12(6-7-18)17-13(19)10-8-9(15)4-5-11(10)16/h4-5,8,12,18H,6-7H2,1-3H3,(H,17,19). The van der Waals surface area contributed by atoms with E-state index >= 15 is 0 Å². The zero-order valence-electron chi connectivity index (χ0n) is 11.3. The van der Waals surface area contributed by atoms with Gasteiger partial charge in [0.2, 0.25) is 0 Å². The fourth-order valence-corrected chi connectivity index (χ4v) is 2.70. The second kappa shape index (κ2) is 7.04. The minimum absolute atomic E-state index is 0.0558. The van der Waals surface area contributed by atoms with Crippen molar-refractivity contribution in [3.63, 3.8) is 0 Å². The molecule has 19 heavy (non-hydrogen) atoms. The molecule has 106 valence electrons. The summed E-state index contributed by atoms with van der Waals surface area (Å²) in [6.07, 6.45) is 0.555. The van der Waals surface area contributed by atoms with Crippen LogP contribution in [0.15, 0.2) is 22.7 Å². The molecule has 5 heteroatoms. The van der Waals surface area contributed by atoms with E-state index in [0.717, 1.165) is 8.04 Å². The van der Waals surface area contributed by atoms with Crippen LogP contribution < -0.4 is 5.32 Å². The van der Waals surface area contributed by atoms with Gasteiger partial charge >= 0.3 is 0 Å². The maximum Gasteiger partial charge on any atom is 0.252 e. The summed E-state index contributed by atoms with van der Waals surface area (Å²) in [7, 11) is 0. The Balaban J connectivity index is 2.91. The van der Waals surface area contributed by atoms with Crippen LogP contribution >= 0.6 is 38.5 Å². The molecule has 0 saturated heterocycles. The highest BCUT2D eigenvalue weighted by Gasteiger charge is 2.26. The number of halogens is 2. The molecule has 0 saturated carbocycles. The van der Waals surface area contributed by atoms with Crippen LogP contribution in [0.2, 0.25) is 0 Å². The summed E-state index contributed by atoms with van der Waals surface area (Å²) in [6.45, 7) is 6.23. The van der Waals surface area contributed by atoms with Crippen molar-refractivity contribution >= 4 is 44.4 Å². The molecule has 2 N–H and O–H groups in total. The summed E-state index contributed by atoms with van der Waals surface area (Å²) >= 11 is 5.53. The zero-order chi connectivity index (χ0) is 14.6. The average Bonchev–Trinajstić information content (AvgIpc) is 2.30. The molecule has 0 aliphatic carbocycles. The van der Waals surface area contributed by atoms with E-state index < -0.39 is 0 Å². The lowest BCUT2D eigenvalue weighted by Gasteiger charge is -2.31. The molecule has 1 atom stereocenters. The van der Waals surface area contributed by atoms with Crippen LogP contribution in [0.1, 0.15) is 37.6 Å². The van der Waals surface area contributed by atoms with E-state index in [1.807, 2.05) is 18.2 Å². The zero-order valence-corrected chi connectivity index (χ0v) is 15.1. The lowest BCUT2D eigenvalue weighted by molar-refractivity contribution is 0.0884. The molecule has 1 amide bonds. The van der Waals surface area contributed by atoms with E-state index in [1.165, 1.54) is 0 Å². The largest absolute Gasteiger partial charge is 0.396 e. The number of rotatable bonds is 4. The van der Waals surface area contributed by atoms with Crippen molar-refractivity contribution < 1.29 is 9.90 Å². The third-order valence-electron chi connectivity index (χ3n) is 2.94. The molecule has 0 spiro atoms. The van der Waals surface area contributed by atoms with Crippen molar-refractivity contribution in [3.05, 3.63) is 31.8 Å². The second-order valence-electron chi connectivity index (χ2n) is 5.53. The Kier molecular flexibility index (Phi) is 6.26. The van der Waals surface area contributed by atoms with E-state index in [-0.39, 0.29) is 24.0 Å². The van der Waals surface area contributed by atoms with Gasteiger partial charge in [0.05, 0.1) is 5.56 Å². The molecule has 0 aliphatic heterocycles. The van der Waals surface area contributed by atoms with Crippen molar-refractivity contribution in [2.45, 2.75) is 33.2 Å². The molecule has 0 bridgehead atoms. The van der Waals surface area contributed by atoms with E-state index in [2.05, 4.69) is 64.6 Å². The van der Waals surface area contributed by atoms with Gasteiger partial charge in [-0.2, -0.15) is 0 Å². The van der Waals surface area contributed by atoms with E-state index in [0.29, 0.717) is 12.0 Å². The molecule has 0 heterocycles. The molecular formula is C14H19BrINO2. The average molecular weight is 440 g/mol. The van der Waals surface area contributed by atoms with Crippen LogP contribution in [0.5, 0.6) is 0 Å². The predicted molar refractivity (Wildman–Crippen MR) is 89.3 cm³/mol. The van der Waals surface area contributed by atoms with Crippen LogP contribution in [0, 0.1) is 8.99 Å². The number of benzene rings is 1. The molecule has 0 aromatic heterocycles. The highest BCUT2D eigenvalue weighted by Crippen LogP contribution is 2.23. The normalized spacial score (nSPS) is 13.2. The first-order valence-electron chi connectivity index (χ1n) is 6.12. The number of amides is 1. The second-order valence-corrected chi connectivity index (χ2v) is 7.61. The van der Waals surface area contributed by atoms with Gasteiger partial charge in [-0.1, -0.05) is 36.7 Å². The summed E-state index contributed by atoms with van der Waals surface area (Å²) in [5.41, 5.74) is 0.567. The fraction of sp³-hybridized carbons (Fsp3) is 0.500. The van der Waals surface area contributed by atoms with Gasteiger partial charge in [0.15, 0.2) is 0 Å². The van der Waals surface area contributed by atoms with Gasteiger partial charge in [0.1, 0.15) is 0 Å². The van der Waals surface area contributed by atoms with Crippen LogP contribution in [-0.2, 0) is 0 Å². The Morgan fingerprint density at radius 1 is 1.47 bits per heavy atom. The van der Waals surface area contributed by atoms with Crippen LogP contribution in [-0.4, -0.2) is 23.7 Å². The van der Waals surface area contributed by atoms with Crippen molar-refractivity contribution in [1.29, 1.82) is 0 Å². The van der Waals surface area contributed by atoms with E-state index in [4.69, 9.17) is 5.11 Å². The predicted octanol–water partition coefficient (Wildman–Crippen LogP) is 3.58. The quantitative estimate of drug-likeness (QED) is 0.704. The first kappa shape index (κ1) is 16.9. The van der Waals surface area contributed by atoms with Gasteiger partial charge in [-0.05, 0) is 52.6 Å². The maximum atomic E-state index is 12.3. The molecule has 1 rings (SSSR count). The first-order valence-corrected chi connectivity index (χ1v) is 7.99. The minimum Gasteiger partial charge on any atom is -0.396 e. The molecule has 0 fully saturated rings. The molecule has 0 aliphatic rings. The SMILES string of the molecule is CC(C)(C)C(CCO)NC(=O)c1cc(Br)ccc1I. The Morgan fingerprint density at radius 3 is 2.63 bits per heavy atom. The number of aliphatic hydroxyl groups excluding tert-OH is 1. The monoisotopic (exact) mass is 439 g/mol. The van der Waals surface area contributed by atoms with Gasteiger partial charge < -0.3 is 10.4 Å². The number of carbonyl (C=O) groups excluding carboxylic acids is 1. The summed E-state index contributed by atoms with van der Waals surface area (Å²) in [5, 5.41) is 12.1. The van der Waals surface area contributed by atoms with Crippen molar-refractivity contribution in [2.75, 3.05) is 6.61 Å². The Bertz CT molecular complexity index is 457. The summed E-state index contributed by atoms with van der Waals surface area (Å²) < 4.78 is 1.79. The Hall–Kier alpha value is -0.140. The summed E-state index contributed by atoms with van der Waals surface area (Å²) in [6, 6.07) is 5.57. The van der Waals surface area contributed by atoms with Crippen LogP contribution in [0.25, 0.3) is 0 Å². The molecule has 3 nitrogen and oxygen atoms in total. The Labute approximate surface area is 136 Å². The molecule has 0 radical (unpaired) electrons. The first-order chi connectivity index (χ1) is 8.75. The van der Waals surface area contributed by atoms with Gasteiger partial charge in [0, 0.05) is 20.7 Å². The number of nitrogens with one attached hydrogen (secondary N) is 1. The third-order valence-corrected chi connectivity index (χ3v) is 4.38. The van der Waals surface area contributed by atoms with Crippen LogP contribution in [0.4, 0.5) is 0 Å².